The van der Waals surface area contributed by atoms with Crippen LogP contribution in [0.5, 0.6) is 0 Å². The fraction of sp³-hybridized carbons (Fsp3) is 0.280. The van der Waals surface area contributed by atoms with Crippen LogP contribution in [0.15, 0.2) is 84.9 Å². The van der Waals surface area contributed by atoms with E-state index in [1.54, 1.807) is 0 Å². The zero-order chi connectivity index (χ0) is 19.4. The van der Waals surface area contributed by atoms with Gasteiger partial charge in [-0.05, 0) is 56.5 Å². The molecular formula is C25H29NO. The van der Waals surface area contributed by atoms with Gasteiger partial charge in [0, 0.05) is 17.8 Å². The first kappa shape index (κ1) is 19.2. The van der Waals surface area contributed by atoms with Crippen molar-refractivity contribution in [2.45, 2.75) is 45.4 Å². The summed E-state index contributed by atoms with van der Waals surface area (Å²) in [5.74, 6) is 0. The van der Waals surface area contributed by atoms with Gasteiger partial charge in [-0.1, -0.05) is 72.8 Å². The highest BCUT2D eigenvalue weighted by Crippen LogP contribution is 2.37. The molecule has 3 aromatic carbocycles. The van der Waals surface area contributed by atoms with E-state index in [0.29, 0.717) is 12.1 Å². The third kappa shape index (κ3) is 3.77. The molecule has 27 heavy (non-hydrogen) atoms. The highest BCUT2D eigenvalue weighted by atomic mass is 16.3. The van der Waals surface area contributed by atoms with Crippen molar-refractivity contribution < 1.29 is 5.11 Å². The van der Waals surface area contributed by atoms with Gasteiger partial charge in [0.2, 0.25) is 0 Å². The first-order valence-electron chi connectivity index (χ1n) is 9.67. The molecule has 1 N–H and O–H groups in total. The fourth-order valence-electron chi connectivity index (χ4n) is 3.93. The Balaban J connectivity index is 2.09. The van der Waals surface area contributed by atoms with Gasteiger partial charge >= 0.3 is 0 Å². The Morgan fingerprint density at radius 3 is 1.33 bits per heavy atom. The van der Waals surface area contributed by atoms with E-state index in [1.807, 2.05) is 72.8 Å². The van der Waals surface area contributed by atoms with Crippen LogP contribution in [-0.2, 0) is 5.60 Å². The number of aliphatic hydroxyl groups is 1. The summed E-state index contributed by atoms with van der Waals surface area (Å²) in [6, 6.07) is 28.9. The molecule has 0 spiro atoms. The fourth-order valence-corrected chi connectivity index (χ4v) is 3.93. The predicted molar refractivity (Wildman–Crippen MR) is 114 cm³/mol. The van der Waals surface area contributed by atoms with Crippen molar-refractivity contribution in [3.05, 3.63) is 102 Å². The monoisotopic (exact) mass is 359 g/mol. The lowest BCUT2D eigenvalue weighted by atomic mass is 9.80. The zero-order valence-corrected chi connectivity index (χ0v) is 16.6. The van der Waals surface area contributed by atoms with Crippen LogP contribution < -0.4 is 4.90 Å². The van der Waals surface area contributed by atoms with Gasteiger partial charge in [-0.2, -0.15) is 0 Å². The van der Waals surface area contributed by atoms with Crippen molar-refractivity contribution in [3.63, 3.8) is 0 Å². The molecule has 2 nitrogen and oxygen atoms in total. The Bertz CT molecular complexity index is 791. The Morgan fingerprint density at radius 2 is 0.963 bits per heavy atom. The lowest BCUT2D eigenvalue weighted by Gasteiger charge is -2.34. The van der Waals surface area contributed by atoms with Crippen LogP contribution >= 0.6 is 0 Å². The van der Waals surface area contributed by atoms with Gasteiger partial charge in [-0.3, -0.25) is 0 Å². The van der Waals surface area contributed by atoms with Gasteiger partial charge in [0.1, 0.15) is 5.60 Å². The summed E-state index contributed by atoms with van der Waals surface area (Å²) in [5.41, 5.74) is 2.60. The number of hydrogen-bond donors (Lipinski definition) is 1. The maximum Gasteiger partial charge on any atom is 0.140 e. The lowest BCUT2D eigenvalue weighted by Crippen LogP contribution is -2.37. The van der Waals surface area contributed by atoms with E-state index < -0.39 is 5.60 Å². The third-order valence-corrected chi connectivity index (χ3v) is 5.08. The largest absolute Gasteiger partial charge is 0.376 e. The highest BCUT2D eigenvalue weighted by molar-refractivity contribution is 5.54. The van der Waals surface area contributed by atoms with E-state index in [9.17, 15) is 5.11 Å². The van der Waals surface area contributed by atoms with E-state index in [0.717, 1.165) is 16.7 Å². The van der Waals surface area contributed by atoms with Gasteiger partial charge in [0.25, 0.3) is 0 Å². The van der Waals surface area contributed by atoms with Crippen LogP contribution in [0.25, 0.3) is 0 Å². The van der Waals surface area contributed by atoms with E-state index >= 15 is 0 Å². The SMILES string of the molecule is CC(C)N(c1ccc(C(O)(c2ccccc2)c2ccccc2)cc1)C(C)C. The van der Waals surface area contributed by atoms with Crippen LogP contribution in [0.1, 0.15) is 44.4 Å². The second-order valence-electron chi connectivity index (χ2n) is 7.58. The predicted octanol–water partition coefficient (Wildman–Crippen LogP) is 5.59. The lowest BCUT2D eigenvalue weighted by molar-refractivity contribution is 0.125. The Kier molecular flexibility index (Phi) is 5.67. The van der Waals surface area contributed by atoms with E-state index in [-0.39, 0.29) is 0 Å². The summed E-state index contributed by atoms with van der Waals surface area (Å²) in [6.45, 7) is 8.83. The van der Waals surface area contributed by atoms with Crippen LogP contribution in [0.2, 0.25) is 0 Å². The average molecular weight is 360 g/mol. The van der Waals surface area contributed by atoms with Crippen LogP contribution in [-0.4, -0.2) is 17.2 Å². The van der Waals surface area contributed by atoms with Crippen molar-refractivity contribution in [1.82, 2.24) is 0 Å². The second kappa shape index (κ2) is 7.98. The molecule has 0 aliphatic heterocycles. The standard InChI is InChI=1S/C25H29NO/c1-19(2)26(20(3)4)24-17-15-23(16-18-24)25(27,21-11-7-5-8-12-21)22-13-9-6-10-14-22/h5-20,27H,1-4H3. The van der Waals surface area contributed by atoms with Crippen molar-refractivity contribution in [2.75, 3.05) is 4.90 Å². The molecule has 0 fully saturated rings. The number of anilines is 1. The molecule has 0 atom stereocenters. The number of hydrogen-bond acceptors (Lipinski definition) is 2. The van der Waals surface area contributed by atoms with Crippen LogP contribution in [0.3, 0.4) is 0 Å². The van der Waals surface area contributed by atoms with Gasteiger partial charge in [0.15, 0.2) is 0 Å². The summed E-state index contributed by atoms with van der Waals surface area (Å²) >= 11 is 0. The molecule has 0 radical (unpaired) electrons. The highest BCUT2D eigenvalue weighted by Gasteiger charge is 2.33. The summed E-state index contributed by atoms with van der Waals surface area (Å²) in [6.07, 6.45) is 0. The number of nitrogens with zero attached hydrogens (tertiary/aromatic N) is 1. The molecule has 0 amide bonds. The smallest absolute Gasteiger partial charge is 0.140 e. The van der Waals surface area contributed by atoms with Crippen molar-refractivity contribution in [3.8, 4) is 0 Å². The van der Waals surface area contributed by atoms with E-state index in [2.05, 4.69) is 44.7 Å². The molecule has 3 rings (SSSR count). The van der Waals surface area contributed by atoms with Crippen molar-refractivity contribution in [1.29, 1.82) is 0 Å². The maximum atomic E-state index is 11.9. The molecule has 0 heterocycles. The number of benzene rings is 3. The summed E-state index contributed by atoms with van der Waals surface area (Å²) in [5, 5.41) is 11.9. The molecule has 0 saturated heterocycles. The molecule has 0 saturated carbocycles. The zero-order valence-electron chi connectivity index (χ0n) is 16.6. The molecule has 0 aromatic heterocycles. The normalized spacial score (nSPS) is 11.8. The average Bonchev–Trinajstić information content (AvgIpc) is 2.69. The molecule has 3 aromatic rings. The van der Waals surface area contributed by atoms with Crippen molar-refractivity contribution >= 4 is 5.69 Å². The van der Waals surface area contributed by atoms with E-state index in [4.69, 9.17) is 0 Å². The number of rotatable bonds is 6. The van der Waals surface area contributed by atoms with E-state index in [1.165, 1.54) is 5.69 Å². The summed E-state index contributed by atoms with van der Waals surface area (Å²) in [4.78, 5) is 2.38. The van der Waals surface area contributed by atoms with Gasteiger partial charge in [-0.15, -0.1) is 0 Å². The maximum absolute atomic E-state index is 11.9. The summed E-state index contributed by atoms with van der Waals surface area (Å²) in [7, 11) is 0. The minimum atomic E-state index is -1.18. The topological polar surface area (TPSA) is 23.5 Å². The molecule has 2 heteroatoms. The Hall–Kier alpha value is -2.58. The van der Waals surface area contributed by atoms with Crippen LogP contribution in [0.4, 0.5) is 5.69 Å². The van der Waals surface area contributed by atoms with Gasteiger partial charge < -0.3 is 10.0 Å². The first-order valence-corrected chi connectivity index (χ1v) is 9.67. The molecule has 0 aliphatic carbocycles. The van der Waals surface area contributed by atoms with Gasteiger partial charge in [-0.25, -0.2) is 0 Å². The van der Waals surface area contributed by atoms with Crippen molar-refractivity contribution in [2.24, 2.45) is 0 Å². The molecule has 0 bridgehead atoms. The Labute approximate surface area is 163 Å². The summed E-state index contributed by atoms with van der Waals surface area (Å²) < 4.78 is 0. The quantitative estimate of drug-likeness (QED) is 0.580. The molecular weight excluding hydrogens is 330 g/mol. The molecule has 0 unspecified atom stereocenters. The third-order valence-electron chi connectivity index (χ3n) is 5.08. The van der Waals surface area contributed by atoms with Gasteiger partial charge in [0.05, 0.1) is 0 Å². The first-order chi connectivity index (χ1) is 12.9. The minimum Gasteiger partial charge on any atom is -0.376 e. The van der Waals surface area contributed by atoms with Crippen LogP contribution in [0, 0.1) is 0 Å². The second-order valence-corrected chi connectivity index (χ2v) is 7.58. The molecule has 0 aliphatic rings. The minimum absolute atomic E-state index is 0.415. The Morgan fingerprint density at radius 1 is 0.593 bits per heavy atom. The molecule has 140 valence electrons.